The summed E-state index contributed by atoms with van der Waals surface area (Å²) >= 11 is 1.56. The second-order valence-electron chi connectivity index (χ2n) is 6.03. The number of ketones is 1. The van der Waals surface area contributed by atoms with E-state index in [4.69, 9.17) is 4.98 Å². The van der Waals surface area contributed by atoms with Gasteiger partial charge in [-0.15, -0.1) is 11.3 Å². The van der Waals surface area contributed by atoms with Crippen LogP contribution in [0.15, 0.2) is 60.0 Å². The lowest BCUT2D eigenvalue weighted by Gasteiger charge is -2.08. The molecular weight excluding hydrogens is 338 g/mol. The first-order chi connectivity index (χ1) is 12.6. The first-order valence-corrected chi connectivity index (χ1v) is 10.1. The highest BCUT2D eigenvalue weighted by Crippen LogP contribution is 2.28. The van der Waals surface area contributed by atoms with Crippen molar-refractivity contribution in [1.29, 1.82) is 0 Å². The summed E-state index contributed by atoms with van der Waals surface area (Å²) in [6.07, 6.45) is 12.6. The highest BCUT2D eigenvalue weighted by molar-refractivity contribution is 7.10. The summed E-state index contributed by atoms with van der Waals surface area (Å²) in [6.45, 7) is 7.96. The molecule has 1 unspecified atom stereocenters. The maximum absolute atomic E-state index is 12.7. The Balaban J connectivity index is 0.00000117. The zero-order valence-corrected chi connectivity index (χ0v) is 16.8. The van der Waals surface area contributed by atoms with E-state index in [9.17, 15) is 4.79 Å². The van der Waals surface area contributed by atoms with Crippen LogP contribution < -0.4 is 0 Å². The van der Waals surface area contributed by atoms with Crippen molar-refractivity contribution >= 4 is 22.7 Å². The van der Waals surface area contributed by atoms with Gasteiger partial charge < -0.3 is 0 Å². The lowest BCUT2D eigenvalue weighted by Crippen LogP contribution is -2.09. The fraction of sp³-hybridized carbons (Fsp3) is 0.304. The number of allylic oxidation sites excluding steroid dienone is 6. The minimum Gasteiger partial charge on any atom is -0.293 e. The standard InChI is InChI=1S/C21H21NOS.C2H6/c1-15-10-12-18(13-11-15)20(23)16(2)21-22-19(14-24-21)17-8-6-4-3-5-7-9-17;1-2/h3-4,7-14,16H,5-6H2,1-2H3;1-2H3/b4-3-,9-7-,17-8?;. The molecule has 1 aromatic carbocycles. The summed E-state index contributed by atoms with van der Waals surface area (Å²) < 4.78 is 0. The third-order valence-electron chi connectivity index (χ3n) is 4.13. The number of rotatable bonds is 4. The van der Waals surface area contributed by atoms with Gasteiger partial charge in [0.05, 0.1) is 11.6 Å². The van der Waals surface area contributed by atoms with E-state index >= 15 is 0 Å². The van der Waals surface area contributed by atoms with Crippen molar-refractivity contribution in [3.63, 3.8) is 0 Å². The Kier molecular flexibility index (Phi) is 7.73. The predicted octanol–water partition coefficient (Wildman–Crippen LogP) is 6.75. The Labute approximate surface area is 161 Å². The van der Waals surface area contributed by atoms with Gasteiger partial charge in [0, 0.05) is 10.9 Å². The molecule has 1 heterocycles. The molecule has 0 fully saturated rings. The second-order valence-corrected chi connectivity index (χ2v) is 6.92. The molecule has 3 rings (SSSR count). The van der Waals surface area contributed by atoms with E-state index in [0.717, 1.165) is 40.2 Å². The molecule has 1 aromatic heterocycles. The number of thiazole rings is 1. The molecular formula is C23H27NOS. The Morgan fingerprint density at radius 2 is 1.77 bits per heavy atom. The number of aryl methyl sites for hydroxylation is 1. The highest BCUT2D eigenvalue weighted by atomic mass is 32.1. The van der Waals surface area contributed by atoms with Crippen molar-refractivity contribution in [2.75, 3.05) is 0 Å². The van der Waals surface area contributed by atoms with Crippen LogP contribution >= 0.6 is 11.3 Å². The predicted molar refractivity (Wildman–Crippen MR) is 113 cm³/mol. The van der Waals surface area contributed by atoms with Crippen LogP contribution in [0.2, 0.25) is 0 Å². The molecule has 3 heteroatoms. The maximum atomic E-state index is 12.7. The minimum atomic E-state index is -0.218. The van der Waals surface area contributed by atoms with Crippen molar-refractivity contribution in [2.24, 2.45) is 0 Å². The smallest absolute Gasteiger partial charge is 0.172 e. The van der Waals surface area contributed by atoms with Crippen molar-refractivity contribution in [2.45, 2.75) is 46.5 Å². The van der Waals surface area contributed by atoms with Crippen molar-refractivity contribution in [1.82, 2.24) is 4.98 Å². The number of aromatic nitrogens is 1. The van der Waals surface area contributed by atoms with E-state index in [0.29, 0.717) is 0 Å². The number of nitrogens with zero attached hydrogens (tertiary/aromatic N) is 1. The molecule has 1 aliphatic rings. The van der Waals surface area contributed by atoms with Gasteiger partial charge in [0.1, 0.15) is 5.01 Å². The zero-order chi connectivity index (χ0) is 18.9. The largest absolute Gasteiger partial charge is 0.293 e. The first-order valence-electron chi connectivity index (χ1n) is 9.23. The Bertz CT molecular complexity index is 809. The van der Waals surface area contributed by atoms with Gasteiger partial charge in [-0.2, -0.15) is 0 Å². The second kappa shape index (κ2) is 10.0. The van der Waals surface area contributed by atoms with Crippen molar-refractivity contribution in [3.05, 3.63) is 81.9 Å². The molecule has 0 spiro atoms. The zero-order valence-electron chi connectivity index (χ0n) is 16.0. The molecule has 0 bridgehead atoms. The molecule has 1 aliphatic carbocycles. The van der Waals surface area contributed by atoms with E-state index in [2.05, 4.69) is 35.8 Å². The van der Waals surface area contributed by atoms with Crippen LogP contribution in [0.1, 0.15) is 66.2 Å². The summed E-state index contributed by atoms with van der Waals surface area (Å²) in [6, 6.07) is 7.75. The van der Waals surface area contributed by atoms with E-state index in [-0.39, 0.29) is 11.7 Å². The third-order valence-corrected chi connectivity index (χ3v) is 5.16. The fourth-order valence-electron chi connectivity index (χ4n) is 2.62. The van der Waals surface area contributed by atoms with Gasteiger partial charge in [-0.25, -0.2) is 4.98 Å². The lowest BCUT2D eigenvalue weighted by atomic mass is 9.99. The van der Waals surface area contributed by atoms with Crippen molar-refractivity contribution < 1.29 is 4.79 Å². The number of carbonyl (C=O) groups excluding carboxylic acids is 1. The van der Waals surface area contributed by atoms with Crippen LogP contribution in [0, 0.1) is 6.92 Å². The maximum Gasteiger partial charge on any atom is 0.172 e. The lowest BCUT2D eigenvalue weighted by molar-refractivity contribution is 0.0966. The van der Waals surface area contributed by atoms with Gasteiger partial charge in [0.15, 0.2) is 5.78 Å². The van der Waals surface area contributed by atoms with Gasteiger partial charge in [-0.05, 0) is 32.3 Å². The van der Waals surface area contributed by atoms with Gasteiger partial charge in [-0.3, -0.25) is 4.79 Å². The van der Waals surface area contributed by atoms with Gasteiger partial charge in [-0.1, -0.05) is 74.1 Å². The quantitative estimate of drug-likeness (QED) is 0.443. The molecule has 1 atom stereocenters. The third kappa shape index (κ3) is 5.12. The number of hydrogen-bond donors (Lipinski definition) is 0. The van der Waals surface area contributed by atoms with Crippen molar-refractivity contribution in [3.8, 4) is 0 Å². The highest BCUT2D eigenvalue weighted by Gasteiger charge is 2.20. The topological polar surface area (TPSA) is 30.0 Å². The summed E-state index contributed by atoms with van der Waals surface area (Å²) in [5.74, 6) is -0.0921. The average Bonchev–Trinajstić information content (AvgIpc) is 3.12. The number of hydrogen-bond acceptors (Lipinski definition) is 3. The van der Waals surface area contributed by atoms with Gasteiger partial charge in [0.2, 0.25) is 0 Å². The molecule has 136 valence electrons. The molecule has 0 saturated carbocycles. The van der Waals surface area contributed by atoms with Crippen LogP contribution in [-0.2, 0) is 0 Å². The van der Waals surface area contributed by atoms with Gasteiger partial charge in [0.25, 0.3) is 0 Å². The van der Waals surface area contributed by atoms with Crippen LogP contribution in [0.3, 0.4) is 0 Å². The van der Waals surface area contributed by atoms with E-state index in [1.807, 2.05) is 52.0 Å². The SMILES string of the molecule is CC.Cc1ccc(C(=O)C(C)c2nc(C3=CC/C=C\C/C=C\3)cs2)cc1. The summed E-state index contributed by atoms with van der Waals surface area (Å²) in [5.41, 5.74) is 4.01. The summed E-state index contributed by atoms with van der Waals surface area (Å²) in [4.78, 5) is 17.4. The molecule has 0 amide bonds. The molecule has 2 nitrogen and oxygen atoms in total. The Hall–Kier alpha value is -2.26. The van der Waals surface area contributed by atoms with E-state index < -0.39 is 0 Å². The number of benzene rings is 1. The molecule has 0 radical (unpaired) electrons. The van der Waals surface area contributed by atoms with E-state index in [1.54, 1.807) is 11.3 Å². The van der Waals surface area contributed by atoms with Crippen LogP contribution in [0.4, 0.5) is 0 Å². The van der Waals surface area contributed by atoms with Gasteiger partial charge >= 0.3 is 0 Å². The number of carbonyl (C=O) groups is 1. The first kappa shape index (κ1) is 20.1. The summed E-state index contributed by atoms with van der Waals surface area (Å²) in [7, 11) is 0. The fourth-order valence-corrected chi connectivity index (χ4v) is 3.50. The molecule has 26 heavy (non-hydrogen) atoms. The summed E-state index contributed by atoms with van der Waals surface area (Å²) in [5, 5.41) is 2.93. The number of Topliss-reactive ketones (excluding diaryl/α,β-unsaturated/α-hetero) is 1. The molecule has 0 saturated heterocycles. The van der Waals surface area contributed by atoms with Crippen LogP contribution in [0.25, 0.3) is 5.57 Å². The molecule has 0 N–H and O–H groups in total. The monoisotopic (exact) mass is 365 g/mol. The van der Waals surface area contributed by atoms with Crippen LogP contribution in [0.5, 0.6) is 0 Å². The Morgan fingerprint density at radius 1 is 1.08 bits per heavy atom. The minimum absolute atomic E-state index is 0.126. The van der Waals surface area contributed by atoms with Crippen LogP contribution in [-0.4, -0.2) is 10.8 Å². The normalized spacial score (nSPS) is 17.0. The molecule has 0 aliphatic heterocycles. The molecule has 2 aromatic rings. The van der Waals surface area contributed by atoms with E-state index in [1.165, 1.54) is 0 Å². The average molecular weight is 366 g/mol. The Morgan fingerprint density at radius 3 is 2.50 bits per heavy atom.